The van der Waals surface area contributed by atoms with Crippen LogP contribution in [0.25, 0.3) is 0 Å². The van der Waals surface area contributed by atoms with Gasteiger partial charge in [0.05, 0.1) is 23.5 Å². The molecule has 1 spiro atoms. The minimum absolute atomic E-state index is 0.0617. The van der Waals surface area contributed by atoms with E-state index in [0.29, 0.717) is 6.61 Å². The highest BCUT2D eigenvalue weighted by molar-refractivity contribution is 5.70. The van der Waals surface area contributed by atoms with E-state index in [1.807, 2.05) is 33.8 Å². The largest absolute Gasteiger partial charge is 0.465 e. The summed E-state index contributed by atoms with van der Waals surface area (Å²) in [7, 11) is 0. The summed E-state index contributed by atoms with van der Waals surface area (Å²) in [5.74, 6) is -1.18. The standard InChI is InChI=1S/C24H34O9/c1-12(2)7-18(27)32-16-9-23(10-29-14(4)25)17(8-13(16)3)33-21-19(28)20(31-15(5)26)22(23,6)24(21)11-30-24/h8,12,16-17,19-21,28H,7,9-11H2,1-6H3/t16-,17?,19-,20+,21?,22+,23-,24+/m0/s1. The highest BCUT2D eigenvalue weighted by Gasteiger charge is 2.86. The molecule has 33 heavy (non-hydrogen) atoms. The fourth-order valence-corrected chi connectivity index (χ4v) is 6.26. The molecule has 2 saturated heterocycles. The van der Waals surface area contributed by atoms with Gasteiger partial charge in [-0.1, -0.05) is 26.8 Å². The van der Waals surface area contributed by atoms with E-state index in [-0.39, 0.29) is 31.3 Å². The van der Waals surface area contributed by atoms with Gasteiger partial charge in [0.1, 0.15) is 36.6 Å². The first-order valence-electron chi connectivity index (χ1n) is 11.5. The Morgan fingerprint density at radius 1 is 1.21 bits per heavy atom. The van der Waals surface area contributed by atoms with Crippen molar-refractivity contribution < 1.29 is 43.2 Å². The molecule has 0 aromatic carbocycles. The summed E-state index contributed by atoms with van der Waals surface area (Å²) in [6.45, 7) is 10.5. The van der Waals surface area contributed by atoms with Crippen LogP contribution < -0.4 is 0 Å². The molecule has 0 radical (unpaired) electrons. The van der Waals surface area contributed by atoms with E-state index in [0.717, 1.165) is 5.57 Å². The predicted octanol–water partition coefficient (Wildman–Crippen LogP) is 1.69. The molecule has 1 N–H and O–H groups in total. The molecular formula is C24H34O9. The van der Waals surface area contributed by atoms with Crippen molar-refractivity contribution in [2.45, 2.75) is 90.5 Å². The van der Waals surface area contributed by atoms with Crippen LogP contribution in [0.4, 0.5) is 0 Å². The molecule has 4 rings (SSSR count). The molecule has 2 heterocycles. The topological polar surface area (TPSA) is 121 Å². The van der Waals surface area contributed by atoms with Gasteiger partial charge in [0.25, 0.3) is 0 Å². The molecule has 9 heteroatoms. The fraction of sp³-hybridized carbons (Fsp3) is 0.792. The van der Waals surface area contributed by atoms with Crippen molar-refractivity contribution in [3.05, 3.63) is 11.6 Å². The van der Waals surface area contributed by atoms with Crippen LogP contribution in [0.15, 0.2) is 11.6 Å². The molecular weight excluding hydrogens is 432 g/mol. The maximum absolute atomic E-state index is 12.5. The van der Waals surface area contributed by atoms with Gasteiger partial charge in [0.15, 0.2) is 0 Å². The lowest BCUT2D eigenvalue weighted by Crippen LogP contribution is -2.68. The van der Waals surface area contributed by atoms with Crippen molar-refractivity contribution in [1.29, 1.82) is 0 Å². The monoisotopic (exact) mass is 466 g/mol. The lowest BCUT2D eigenvalue weighted by molar-refractivity contribution is -0.241. The third-order valence-corrected chi connectivity index (χ3v) is 8.00. The van der Waals surface area contributed by atoms with Crippen molar-refractivity contribution >= 4 is 17.9 Å². The zero-order valence-corrected chi connectivity index (χ0v) is 20.1. The number of esters is 3. The number of rotatable bonds is 6. The molecule has 0 aromatic rings. The van der Waals surface area contributed by atoms with Gasteiger partial charge in [-0.05, 0) is 18.4 Å². The normalized spacial score (nSPS) is 43.0. The summed E-state index contributed by atoms with van der Waals surface area (Å²) >= 11 is 0. The Kier molecular flexibility index (Phi) is 5.90. The molecule has 9 nitrogen and oxygen atoms in total. The first kappa shape index (κ1) is 24.2. The Morgan fingerprint density at radius 2 is 1.88 bits per heavy atom. The quantitative estimate of drug-likeness (QED) is 0.270. The van der Waals surface area contributed by atoms with Crippen LogP contribution >= 0.6 is 0 Å². The summed E-state index contributed by atoms with van der Waals surface area (Å²) in [6.07, 6.45) is -1.46. The predicted molar refractivity (Wildman–Crippen MR) is 114 cm³/mol. The van der Waals surface area contributed by atoms with Crippen molar-refractivity contribution in [2.24, 2.45) is 16.7 Å². The van der Waals surface area contributed by atoms with Crippen molar-refractivity contribution in [3.8, 4) is 0 Å². The minimum Gasteiger partial charge on any atom is -0.465 e. The van der Waals surface area contributed by atoms with Crippen LogP contribution in [0.5, 0.6) is 0 Å². The Labute approximate surface area is 193 Å². The first-order chi connectivity index (χ1) is 15.4. The lowest BCUT2D eigenvalue weighted by Gasteiger charge is -2.58. The third-order valence-electron chi connectivity index (χ3n) is 8.00. The molecule has 0 aromatic heterocycles. The van der Waals surface area contributed by atoms with E-state index in [1.54, 1.807) is 0 Å². The number of hydrogen-bond donors (Lipinski definition) is 1. The van der Waals surface area contributed by atoms with Gasteiger partial charge in [-0.15, -0.1) is 0 Å². The number of aliphatic hydroxyl groups excluding tert-OH is 1. The van der Waals surface area contributed by atoms with Crippen LogP contribution in [0.3, 0.4) is 0 Å². The van der Waals surface area contributed by atoms with Crippen molar-refractivity contribution in [2.75, 3.05) is 13.2 Å². The summed E-state index contributed by atoms with van der Waals surface area (Å²) < 4.78 is 29.4. The van der Waals surface area contributed by atoms with E-state index >= 15 is 0 Å². The second-order valence-corrected chi connectivity index (χ2v) is 10.5. The second kappa shape index (κ2) is 8.06. The zero-order chi connectivity index (χ0) is 24.3. The highest BCUT2D eigenvalue weighted by atomic mass is 16.7. The van der Waals surface area contributed by atoms with E-state index in [1.165, 1.54) is 13.8 Å². The SMILES string of the molecule is CC(=O)OC[C@@]12C[C@H](OC(=O)CC(C)C)C(C)=CC1OC1[C@@H](O)[C@@H](OC(C)=O)[C@@]2(C)[C@@]12CO2. The van der Waals surface area contributed by atoms with E-state index in [9.17, 15) is 19.5 Å². The molecule has 3 fully saturated rings. The summed E-state index contributed by atoms with van der Waals surface area (Å²) in [5, 5.41) is 11.2. The lowest BCUT2D eigenvalue weighted by atomic mass is 9.51. The average molecular weight is 467 g/mol. The number of hydrogen-bond acceptors (Lipinski definition) is 9. The molecule has 0 amide bonds. The molecule has 2 unspecified atom stereocenters. The number of carbonyl (C=O) groups excluding carboxylic acids is 3. The Balaban J connectivity index is 1.79. The van der Waals surface area contributed by atoms with Crippen molar-refractivity contribution in [1.82, 2.24) is 0 Å². The second-order valence-electron chi connectivity index (χ2n) is 10.5. The Bertz CT molecular complexity index is 875. The fourth-order valence-electron chi connectivity index (χ4n) is 6.26. The van der Waals surface area contributed by atoms with Gasteiger partial charge in [0.2, 0.25) is 0 Å². The maximum Gasteiger partial charge on any atom is 0.306 e. The Hall–Kier alpha value is -1.97. The molecule has 184 valence electrons. The van der Waals surface area contributed by atoms with Crippen LogP contribution in [-0.2, 0) is 38.1 Å². The molecule has 2 aliphatic heterocycles. The van der Waals surface area contributed by atoms with Gasteiger partial charge in [-0.2, -0.15) is 0 Å². The van der Waals surface area contributed by atoms with Gasteiger partial charge < -0.3 is 28.8 Å². The zero-order valence-electron chi connectivity index (χ0n) is 20.1. The van der Waals surface area contributed by atoms with Gasteiger partial charge in [-0.25, -0.2) is 0 Å². The van der Waals surface area contributed by atoms with Crippen LogP contribution in [0.2, 0.25) is 0 Å². The average Bonchev–Trinajstić information content (AvgIpc) is 3.48. The van der Waals surface area contributed by atoms with Crippen molar-refractivity contribution in [3.63, 3.8) is 0 Å². The number of carbonyl (C=O) groups is 3. The van der Waals surface area contributed by atoms with E-state index < -0.39 is 58.9 Å². The number of epoxide rings is 1. The number of ether oxygens (including phenoxy) is 5. The van der Waals surface area contributed by atoms with E-state index in [4.69, 9.17) is 23.7 Å². The molecule has 8 atom stereocenters. The minimum atomic E-state index is -1.11. The molecule has 4 aliphatic rings. The maximum atomic E-state index is 12.5. The van der Waals surface area contributed by atoms with Crippen LogP contribution in [0, 0.1) is 16.7 Å². The van der Waals surface area contributed by atoms with Crippen LogP contribution in [-0.4, -0.2) is 72.3 Å². The van der Waals surface area contributed by atoms with Crippen LogP contribution in [0.1, 0.15) is 54.4 Å². The molecule has 1 saturated carbocycles. The van der Waals surface area contributed by atoms with E-state index in [2.05, 4.69) is 0 Å². The summed E-state index contributed by atoms with van der Waals surface area (Å²) in [6, 6.07) is 0. The number of aliphatic hydroxyl groups is 1. The number of fused-ring (bicyclic) bond motifs is 2. The third kappa shape index (κ3) is 3.51. The highest BCUT2D eigenvalue weighted by Crippen LogP contribution is 2.72. The van der Waals surface area contributed by atoms with Gasteiger partial charge >= 0.3 is 17.9 Å². The molecule has 2 bridgehead atoms. The van der Waals surface area contributed by atoms with Gasteiger partial charge in [0, 0.05) is 26.7 Å². The summed E-state index contributed by atoms with van der Waals surface area (Å²) in [4.78, 5) is 36.4. The summed E-state index contributed by atoms with van der Waals surface area (Å²) in [5.41, 5.74) is -2.00. The first-order valence-corrected chi connectivity index (χ1v) is 11.5. The Morgan fingerprint density at radius 3 is 2.42 bits per heavy atom. The van der Waals surface area contributed by atoms with Gasteiger partial charge in [-0.3, -0.25) is 14.4 Å². The smallest absolute Gasteiger partial charge is 0.306 e. The molecule has 2 aliphatic carbocycles.